The summed E-state index contributed by atoms with van der Waals surface area (Å²) in [6, 6.07) is 6.15. The molecule has 0 amide bonds. The SMILES string of the molecule is CCC(C)OC(=O)Cn1cnc2scc(-c3ccc(C)cc3C)c2c1=O. The Balaban J connectivity index is 2.03. The molecule has 0 aliphatic carbocycles. The van der Waals surface area contributed by atoms with Gasteiger partial charge in [0.05, 0.1) is 17.8 Å². The van der Waals surface area contributed by atoms with Crippen molar-refractivity contribution in [1.82, 2.24) is 9.55 Å². The lowest BCUT2D eigenvalue weighted by Crippen LogP contribution is -2.27. The second-order valence-corrected chi connectivity index (χ2v) is 7.39. The molecular formula is C20H22N2O3S. The van der Waals surface area contributed by atoms with E-state index in [2.05, 4.69) is 11.1 Å². The van der Waals surface area contributed by atoms with Crippen molar-refractivity contribution in [2.75, 3.05) is 0 Å². The van der Waals surface area contributed by atoms with E-state index in [1.54, 1.807) is 0 Å². The van der Waals surface area contributed by atoms with Crippen molar-refractivity contribution >= 4 is 27.5 Å². The second-order valence-electron chi connectivity index (χ2n) is 6.53. The molecule has 0 fully saturated rings. The van der Waals surface area contributed by atoms with Gasteiger partial charge in [0.1, 0.15) is 11.4 Å². The first kappa shape index (κ1) is 18.3. The Morgan fingerprint density at radius 2 is 2.08 bits per heavy atom. The van der Waals surface area contributed by atoms with Gasteiger partial charge in [-0.1, -0.05) is 30.7 Å². The lowest BCUT2D eigenvalue weighted by Gasteiger charge is -2.12. The number of ether oxygens (including phenoxy) is 1. The number of carbonyl (C=O) groups is 1. The molecule has 3 aromatic rings. The van der Waals surface area contributed by atoms with Crippen LogP contribution in [-0.2, 0) is 16.1 Å². The molecule has 0 bridgehead atoms. The Kier molecular flexibility index (Phi) is 5.23. The highest BCUT2D eigenvalue weighted by Gasteiger charge is 2.17. The highest BCUT2D eigenvalue weighted by Crippen LogP contribution is 2.32. The summed E-state index contributed by atoms with van der Waals surface area (Å²) in [5, 5.41) is 2.51. The van der Waals surface area contributed by atoms with E-state index in [9.17, 15) is 9.59 Å². The zero-order valence-electron chi connectivity index (χ0n) is 15.4. The first-order valence-electron chi connectivity index (χ1n) is 8.64. The van der Waals surface area contributed by atoms with Crippen LogP contribution in [0, 0.1) is 13.8 Å². The number of fused-ring (bicyclic) bond motifs is 1. The first-order chi connectivity index (χ1) is 12.4. The normalized spacial score (nSPS) is 12.3. The third-order valence-corrected chi connectivity index (χ3v) is 5.33. The maximum atomic E-state index is 13.0. The predicted octanol–water partition coefficient (Wildman–Crippen LogP) is 4.08. The number of aryl methyl sites for hydroxylation is 2. The van der Waals surface area contributed by atoms with Crippen molar-refractivity contribution in [3.63, 3.8) is 0 Å². The van der Waals surface area contributed by atoms with Gasteiger partial charge >= 0.3 is 5.97 Å². The molecule has 6 heteroatoms. The van der Waals surface area contributed by atoms with E-state index in [1.165, 1.54) is 27.8 Å². The maximum Gasteiger partial charge on any atom is 0.326 e. The summed E-state index contributed by atoms with van der Waals surface area (Å²) in [6.45, 7) is 7.72. The predicted molar refractivity (Wildman–Crippen MR) is 105 cm³/mol. The van der Waals surface area contributed by atoms with Crippen LogP contribution < -0.4 is 5.56 Å². The standard InChI is InChI=1S/C20H22N2O3S/c1-5-14(4)25-17(23)9-22-11-21-19-18(20(22)24)16(10-26-19)15-7-6-12(2)8-13(15)3/h6-8,10-11,14H,5,9H2,1-4H3. The van der Waals surface area contributed by atoms with Crippen LogP contribution in [0.3, 0.4) is 0 Å². The monoisotopic (exact) mass is 370 g/mol. The molecule has 1 unspecified atom stereocenters. The number of nitrogens with zero attached hydrogens (tertiary/aromatic N) is 2. The van der Waals surface area contributed by atoms with Crippen molar-refractivity contribution in [2.24, 2.45) is 0 Å². The molecule has 0 aliphatic rings. The third-order valence-electron chi connectivity index (χ3n) is 4.44. The van der Waals surface area contributed by atoms with Crippen LogP contribution >= 0.6 is 11.3 Å². The Morgan fingerprint density at radius 1 is 1.31 bits per heavy atom. The van der Waals surface area contributed by atoms with E-state index >= 15 is 0 Å². The van der Waals surface area contributed by atoms with Crippen LogP contribution in [0.25, 0.3) is 21.3 Å². The fourth-order valence-electron chi connectivity index (χ4n) is 2.88. The molecule has 2 aromatic heterocycles. The summed E-state index contributed by atoms with van der Waals surface area (Å²) in [6.07, 6.45) is 1.99. The average molecular weight is 370 g/mol. The van der Waals surface area contributed by atoms with E-state index in [-0.39, 0.29) is 18.2 Å². The highest BCUT2D eigenvalue weighted by molar-refractivity contribution is 7.17. The number of esters is 1. The number of thiophene rings is 1. The fraction of sp³-hybridized carbons (Fsp3) is 0.350. The Labute approximate surface area is 156 Å². The van der Waals surface area contributed by atoms with Crippen LogP contribution in [0.5, 0.6) is 0 Å². The van der Waals surface area contributed by atoms with Gasteiger partial charge in [0, 0.05) is 10.9 Å². The van der Waals surface area contributed by atoms with Crippen LogP contribution in [0.15, 0.2) is 34.7 Å². The van der Waals surface area contributed by atoms with Gasteiger partial charge in [-0.15, -0.1) is 11.3 Å². The van der Waals surface area contributed by atoms with Crippen LogP contribution in [0.2, 0.25) is 0 Å². The lowest BCUT2D eigenvalue weighted by atomic mass is 9.99. The summed E-state index contributed by atoms with van der Waals surface area (Å²) in [7, 11) is 0. The van der Waals surface area contributed by atoms with Crippen LogP contribution in [0.4, 0.5) is 0 Å². The number of rotatable bonds is 5. The molecule has 0 radical (unpaired) electrons. The van der Waals surface area contributed by atoms with Gasteiger partial charge in [-0.05, 0) is 38.3 Å². The van der Waals surface area contributed by atoms with Gasteiger partial charge in [-0.3, -0.25) is 14.2 Å². The van der Waals surface area contributed by atoms with Crippen molar-refractivity contribution in [3.05, 3.63) is 51.4 Å². The summed E-state index contributed by atoms with van der Waals surface area (Å²) in [4.78, 5) is 30.1. The molecule has 0 saturated carbocycles. The number of aromatic nitrogens is 2. The van der Waals surface area contributed by atoms with Crippen LogP contribution in [0.1, 0.15) is 31.4 Å². The highest BCUT2D eigenvalue weighted by atomic mass is 32.1. The van der Waals surface area contributed by atoms with Crippen LogP contribution in [-0.4, -0.2) is 21.6 Å². The van der Waals surface area contributed by atoms with Crippen molar-refractivity contribution < 1.29 is 9.53 Å². The Morgan fingerprint density at radius 3 is 2.77 bits per heavy atom. The fourth-order valence-corrected chi connectivity index (χ4v) is 3.78. The number of benzene rings is 1. The van der Waals surface area contributed by atoms with Gasteiger partial charge in [-0.2, -0.15) is 0 Å². The molecule has 1 aromatic carbocycles. The first-order valence-corrected chi connectivity index (χ1v) is 9.52. The molecule has 2 heterocycles. The van der Waals surface area contributed by atoms with E-state index in [0.717, 1.165) is 23.1 Å². The molecule has 3 rings (SSSR count). The van der Waals surface area contributed by atoms with Gasteiger partial charge in [-0.25, -0.2) is 4.98 Å². The summed E-state index contributed by atoms with van der Waals surface area (Å²) in [5.74, 6) is -0.425. The summed E-state index contributed by atoms with van der Waals surface area (Å²) in [5.41, 5.74) is 3.95. The number of hydrogen-bond acceptors (Lipinski definition) is 5. The molecule has 26 heavy (non-hydrogen) atoms. The zero-order chi connectivity index (χ0) is 18.8. The third kappa shape index (κ3) is 3.55. The minimum Gasteiger partial charge on any atom is -0.461 e. The van der Waals surface area contributed by atoms with Gasteiger partial charge in [0.25, 0.3) is 5.56 Å². The van der Waals surface area contributed by atoms with Crippen molar-refractivity contribution in [2.45, 2.75) is 46.8 Å². The minimum absolute atomic E-state index is 0.131. The topological polar surface area (TPSA) is 61.2 Å². The Hall–Kier alpha value is -2.47. The summed E-state index contributed by atoms with van der Waals surface area (Å²) >= 11 is 1.44. The molecule has 0 aliphatic heterocycles. The largest absolute Gasteiger partial charge is 0.461 e. The quantitative estimate of drug-likeness (QED) is 0.635. The second kappa shape index (κ2) is 7.41. The molecule has 0 N–H and O–H groups in total. The van der Waals surface area contributed by atoms with Gasteiger partial charge < -0.3 is 4.74 Å². The Bertz CT molecular complexity index is 1020. The average Bonchev–Trinajstić information content (AvgIpc) is 3.02. The maximum absolute atomic E-state index is 13.0. The van der Waals surface area contributed by atoms with E-state index in [4.69, 9.17) is 4.74 Å². The molecular weight excluding hydrogens is 348 g/mol. The molecule has 5 nitrogen and oxygen atoms in total. The van der Waals surface area contributed by atoms with Crippen molar-refractivity contribution in [3.8, 4) is 11.1 Å². The lowest BCUT2D eigenvalue weighted by molar-refractivity contribution is -0.149. The van der Waals surface area contributed by atoms with Gasteiger partial charge in [0.15, 0.2) is 0 Å². The van der Waals surface area contributed by atoms with E-state index in [1.807, 2.05) is 45.2 Å². The molecule has 0 saturated heterocycles. The minimum atomic E-state index is -0.425. The van der Waals surface area contributed by atoms with Gasteiger partial charge in [0.2, 0.25) is 0 Å². The molecule has 1 atom stereocenters. The van der Waals surface area contributed by atoms with E-state index in [0.29, 0.717) is 10.2 Å². The number of carbonyl (C=O) groups excluding carboxylic acids is 1. The smallest absolute Gasteiger partial charge is 0.326 e. The molecule has 136 valence electrons. The van der Waals surface area contributed by atoms with E-state index < -0.39 is 5.97 Å². The molecule has 0 spiro atoms. The van der Waals surface area contributed by atoms with Crippen molar-refractivity contribution in [1.29, 1.82) is 0 Å². The summed E-state index contributed by atoms with van der Waals surface area (Å²) < 4.78 is 6.60. The zero-order valence-corrected chi connectivity index (χ0v) is 16.2. The number of hydrogen-bond donors (Lipinski definition) is 0.